The highest BCUT2D eigenvalue weighted by atomic mass is 16.2. The van der Waals surface area contributed by atoms with Crippen LogP contribution >= 0.6 is 0 Å². The number of aromatic nitrogens is 3. The maximum atomic E-state index is 12.9. The predicted molar refractivity (Wildman–Crippen MR) is 104 cm³/mol. The molecule has 1 saturated carbocycles. The first-order valence-electron chi connectivity index (χ1n) is 9.52. The molecule has 1 N–H and O–H groups in total. The van der Waals surface area contributed by atoms with Gasteiger partial charge in [0.2, 0.25) is 0 Å². The van der Waals surface area contributed by atoms with Gasteiger partial charge in [-0.25, -0.2) is 9.78 Å². The molecule has 1 saturated heterocycles. The zero-order valence-electron chi connectivity index (χ0n) is 16.1. The number of rotatable bonds is 6. The normalized spacial score (nSPS) is 18.4. The second-order valence-corrected chi connectivity index (χ2v) is 8.03. The number of nitrogens with zero attached hydrogens (tertiary/aromatic N) is 5. The van der Waals surface area contributed by atoms with Gasteiger partial charge in [0.05, 0.1) is 42.3 Å². The molecule has 2 aliphatic rings. The molecule has 3 heterocycles. The van der Waals surface area contributed by atoms with Crippen molar-refractivity contribution < 1.29 is 9.59 Å². The van der Waals surface area contributed by atoms with E-state index in [0.717, 1.165) is 6.54 Å². The lowest BCUT2D eigenvalue weighted by Gasteiger charge is -2.29. The van der Waals surface area contributed by atoms with Crippen molar-refractivity contribution in [3.05, 3.63) is 48.2 Å². The van der Waals surface area contributed by atoms with Gasteiger partial charge in [0.15, 0.2) is 5.82 Å². The highest BCUT2D eigenvalue weighted by molar-refractivity contribution is 5.94. The summed E-state index contributed by atoms with van der Waals surface area (Å²) in [4.78, 5) is 41.3. The number of urea groups is 1. The quantitative estimate of drug-likeness (QED) is 0.830. The molecule has 2 aromatic rings. The number of anilines is 1. The van der Waals surface area contributed by atoms with Gasteiger partial charge in [-0.3, -0.25) is 19.7 Å². The van der Waals surface area contributed by atoms with E-state index in [1.54, 1.807) is 35.6 Å². The van der Waals surface area contributed by atoms with Crippen LogP contribution in [0.1, 0.15) is 42.7 Å². The molecule has 1 aliphatic carbocycles. The Balaban J connectivity index is 1.39. The van der Waals surface area contributed by atoms with E-state index in [1.807, 2.05) is 4.90 Å². The first kappa shape index (κ1) is 18.3. The number of nitrogens with one attached hydrogen (secondary N) is 1. The molecule has 0 bridgehead atoms. The van der Waals surface area contributed by atoms with Gasteiger partial charge >= 0.3 is 6.03 Å². The summed E-state index contributed by atoms with van der Waals surface area (Å²) in [6.45, 7) is 5.83. The van der Waals surface area contributed by atoms with Crippen molar-refractivity contribution >= 4 is 17.8 Å². The first-order chi connectivity index (χ1) is 13.4. The fourth-order valence-corrected chi connectivity index (χ4v) is 3.36. The molecule has 1 aliphatic heterocycles. The molecule has 0 atom stereocenters. The summed E-state index contributed by atoms with van der Waals surface area (Å²) in [6, 6.07) is 3.40. The number of hydrogen-bond acceptors (Lipinski definition) is 5. The number of carbonyl (C=O) groups excluding carboxylic acids is 2. The van der Waals surface area contributed by atoms with Gasteiger partial charge in [0, 0.05) is 18.9 Å². The second kappa shape index (κ2) is 7.18. The lowest BCUT2D eigenvalue weighted by Crippen LogP contribution is -2.43. The third-order valence-electron chi connectivity index (χ3n) is 5.20. The smallest absolute Gasteiger partial charge is 0.326 e. The van der Waals surface area contributed by atoms with Gasteiger partial charge in [-0.1, -0.05) is 0 Å². The van der Waals surface area contributed by atoms with Crippen molar-refractivity contribution in [2.45, 2.75) is 38.8 Å². The fraction of sp³-hybridized carbons (Fsp3) is 0.450. The average molecular weight is 380 g/mol. The number of pyridine rings is 1. The maximum Gasteiger partial charge on any atom is 0.326 e. The van der Waals surface area contributed by atoms with Crippen LogP contribution < -0.4 is 10.2 Å². The van der Waals surface area contributed by atoms with Crippen LogP contribution in [-0.2, 0) is 6.54 Å². The number of amides is 3. The van der Waals surface area contributed by atoms with Gasteiger partial charge in [0.1, 0.15) is 0 Å². The number of hydrogen-bond donors (Lipinski definition) is 1. The van der Waals surface area contributed by atoms with Crippen LogP contribution in [-0.4, -0.2) is 50.4 Å². The van der Waals surface area contributed by atoms with Crippen LogP contribution in [0.15, 0.2) is 36.9 Å². The molecule has 0 radical (unpaired) electrons. The van der Waals surface area contributed by atoms with E-state index in [2.05, 4.69) is 34.1 Å². The summed E-state index contributed by atoms with van der Waals surface area (Å²) in [5.74, 6) is 0.963. The zero-order chi connectivity index (χ0) is 19.7. The van der Waals surface area contributed by atoms with E-state index in [1.165, 1.54) is 19.0 Å². The average Bonchev–Trinajstić information content (AvgIpc) is 3.49. The Kier molecular flexibility index (Phi) is 4.70. The Morgan fingerprint density at radius 3 is 2.71 bits per heavy atom. The lowest BCUT2D eigenvalue weighted by atomic mass is 10.1. The van der Waals surface area contributed by atoms with Crippen LogP contribution in [0.2, 0.25) is 0 Å². The molecule has 146 valence electrons. The third kappa shape index (κ3) is 3.81. The molecule has 8 nitrogen and oxygen atoms in total. The Hall–Kier alpha value is -3.03. The highest BCUT2D eigenvalue weighted by Gasteiger charge is 2.46. The minimum atomic E-state index is -0.224. The molecule has 4 rings (SSSR count). The monoisotopic (exact) mass is 380 g/mol. The predicted octanol–water partition coefficient (Wildman–Crippen LogP) is 2.23. The SMILES string of the molecule is CC1(C)CN(c2cnc(CNC(=O)c3cccnc3)cn2)C(=O)N1CC1CC1. The zero-order valence-corrected chi connectivity index (χ0v) is 16.1. The summed E-state index contributed by atoms with van der Waals surface area (Å²) in [5.41, 5.74) is 0.895. The van der Waals surface area contributed by atoms with Crippen LogP contribution in [0, 0.1) is 5.92 Å². The Morgan fingerprint density at radius 1 is 1.25 bits per heavy atom. The molecule has 2 aromatic heterocycles. The third-order valence-corrected chi connectivity index (χ3v) is 5.20. The second-order valence-electron chi connectivity index (χ2n) is 8.03. The van der Waals surface area contributed by atoms with Gasteiger partial charge in [-0.05, 0) is 44.7 Å². The van der Waals surface area contributed by atoms with Crippen LogP contribution in [0.3, 0.4) is 0 Å². The molecule has 2 fully saturated rings. The first-order valence-corrected chi connectivity index (χ1v) is 9.52. The van der Waals surface area contributed by atoms with E-state index in [-0.39, 0.29) is 24.0 Å². The fourth-order valence-electron chi connectivity index (χ4n) is 3.36. The van der Waals surface area contributed by atoms with Gasteiger partial charge in [0.25, 0.3) is 5.91 Å². The van der Waals surface area contributed by atoms with E-state index in [4.69, 9.17) is 0 Å². The molecular formula is C20H24N6O2. The van der Waals surface area contributed by atoms with E-state index >= 15 is 0 Å². The lowest BCUT2D eigenvalue weighted by molar-refractivity contribution is 0.0950. The maximum absolute atomic E-state index is 12.9. The Labute approximate surface area is 164 Å². The summed E-state index contributed by atoms with van der Waals surface area (Å²) < 4.78 is 0. The van der Waals surface area contributed by atoms with Crippen molar-refractivity contribution in [2.24, 2.45) is 5.92 Å². The minimum absolute atomic E-state index is 0.0103. The van der Waals surface area contributed by atoms with Crippen molar-refractivity contribution in [3.8, 4) is 0 Å². The molecular weight excluding hydrogens is 356 g/mol. The molecule has 0 spiro atoms. The topological polar surface area (TPSA) is 91.3 Å². The highest BCUT2D eigenvalue weighted by Crippen LogP contribution is 2.36. The van der Waals surface area contributed by atoms with Crippen molar-refractivity contribution in [1.82, 2.24) is 25.2 Å². The van der Waals surface area contributed by atoms with Crippen LogP contribution in [0.4, 0.5) is 10.6 Å². The van der Waals surface area contributed by atoms with E-state index in [0.29, 0.717) is 29.5 Å². The Morgan fingerprint density at radius 2 is 2.07 bits per heavy atom. The van der Waals surface area contributed by atoms with E-state index < -0.39 is 0 Å². The number of carbonyl (C=O) groups is 2. The van der Waals surface area contributed by atoms with Gasteiger partial charge in [-0.2, -0.15) is 0 Å². The van der Waals surface area contributed by atoms with Crippen LogP contribution in [0.25, 0.3) is 0 Å². The molecule has 8 heteroatoms. The van der Waals surface area contributed by atoms with E-state index in [9.17, 15) is 9.59 Å². The van der Waals surface area contributed by atoms with Crippen molar-refractivity contribution in [1.29, 1.82) is 0 Å². The summed E-state index contributed by atoms with van der Waals surface area (Å²) >= 11 is 0. The minimum Gasteiger partial charge on any atom is -0.346 e. The summed E-state index contributed by atoms with van der Waals surface area (Å²) in [7, 11) is 0. The molecule has 28 heavy (non-hydrogen) atoms. The van der Waals surface area contributed by atoms with Crippen molar-refractivity contribution in [3.63, 3.8) is 0 Å². The van der Waals surface area contributed by atoms with Crippen LogP contribution in [0.5, 0.6) is 0 Å². The summed E-state index contributed by atoms with van der Waals surface area (Å²) in [6.07, 6.45) is 8.74. The molecule has 0 unspecified atom stereocenters. The molecule has 0 aromatic carbocycles. The Bertz CT molecular complexity index is 864. The van der Waals surface area contributed by atoms with Gasteiger partial charge < -0.3 is 10.2 Å². The van der Waals surface area contributed by atoms with Crippen molar-refractivity contribution in [2.75, 3.05) is 18.0 Å². The molecule has 3 amide bonds. The standard InChI is InChI=1S/C20H24N6O2/c1-20(2)13-25(19(28)26(20)12-14-5-6-14)17-11-22-16(9-23-17)10-24-18(27)15-4-3-7-21-8-15/h3-4,7-9,11,14H,5-6,10,12-13H2,1-2H3,(H,24,27). The largest absolute Gasteiger partial charge is 0.346 e. The summed E-state index contributed by atoms with van der Waals surface area (Å²) in [5, 5.41) is 2.79. The van der Waals surface area contributed by atoms with Gasteiger partial charge in [-0.15, -0.1) is 0 Å².